The smallest absolute Gasteiger partial charge is 0.161 e. The van der Waals surface area contributed by atoms with Gasteiger partial charge in [-0.3, -0.25) is 0 Å². The number of aryl methyl sites for hydroxylation is 1. The Morgan fingerprint density at radius 3 is 2.44 bits per heavy atom. The third-order valence-electron chi connectivity index (χ3n) is 4.19. The lowest BCUT2D eigenvalue weighted by Crippen LogP contribution is -2.31. The van der Waals surface area contributed by atoms with Crippen molar-refractivity contribution in [1.82, 2.24) is 15.3 Å². The maximum absolute atomic E-state index is 5.85. The van der Waals surface area contributed by atoms with Gasteiger partial charge in [0.2, 0.25) is 0 Å². The molecule has 1 atom stereocenters. The molecule has 1 unspecified atom stereocenters. The number of nitrogens with zero attached hydrogens (tertiary/aromatic N) is 2. The topological polar surface area (TPSA) is 56.3 Å². The van der Waals surface area contributed by atoms with Crippen LogP contribution in [-0.2, 0) is 6.54 Å². The number of aromatic nitrogens is 2. The van der Waals surface area contributed by atoms with E-state index in [1.54, 1.807) is 7.11 Å². The molecule has 3 rings (SSSR count). The van der Waals surface area contributed by atoms with Gasteiger partial charge < -0.3 is 14.8 Å². The normalized spacial score (nSPS) is 11.8. The van der Waals surface area contributed by atoms with Crippen LogP contribution in [-0.4, -0.2) is 29.7 Å². The zero-order chi connectivity index (χ0) is 19.1. The second-order valence-electron chi connectivity index (χ2n) is 6.53. The van der Waals surface area contributed by atoms with Gasteiger partial charge in [-0.2, -0.15) is 0 Å². The van der Waals surface area contributed by atoms with Crippen LogP contribution in [0.15, 0.2) is 60.9 Å². The Balaban J connectivity index is 1.51. The molecule has 0 amide bonds. The van der Waals surface area contributed by atoms with Crippen LogP contribution in [0, 0.1) is 6.92 Å². The summed E-state index contributed by atoms with van der Waals surface area (Å²) in [5.41, 5.74) is 3.27. The van der Waals surface area contributed by atoms with Gasteiger partial charge in [-0.1, -0.05) is 35.9 Å². The van der Waals surface area contributed by atoms with Crippen LogP contribution in [0.25, 0.3) is 11.4 Å². The molecule has 1 N–H and O–H groups in total. The Morgan fingerprint density at radius 2 is 1.74 bits per heavy atom. The highest BCUT2D eigenvalue weighted by molar-refractivity contribution is 5.55. The molecule has 140 valence electrons. The van der Waals surface area contributed by atoms with E-state index in [0.717, 1.165) is 28.5 Å². The van der Waals surface area contributed by atoms with Crippen molar-refractivity contribution in [2.75, 3.05) is 13.7 Å². The summed E-state index contributed by atoms with van der Waals surface area (Å²) in [4.78, 5) is 8.97. The molecule has 0 radical (unpaired) electrons. The maximum Gasteiger partial charge on any atom is 0.161 e. The fourth-order valence-electron chi connectivity index (χ4n) is 2.68. The van der Waals surface area contributed by atoms with Gasteiger partial charge in [0, 0.05) is 36.1 Å². The predicted molar refractivity (Wildman–Crippen MR) is 107 cm³/mol. The zero-order valence-corrected chi connectivity index (χ0v) is 16.0. The highest BCUT2D eigenvalue weighted by atomic mass is 16.5. The largest absolute Gasteiger partial charge is 0.493 e. The first-order chi connectivity index (χ1) is 13.2. The van der Waals surface area contributed by atoms with Crippen LogP contribution in [0.5, 0.6) is 11.5 Å². The van der Waals surface area contributed by atoms with E-state index in [2.05, 4.69) is 41.3 Å². The summed E-state index contributed by atoms with van der Waals surface area (Å²) in [5.74, 6) is 2.24. The summed E-state index contributed by atoms with van der Waals surface area (Å²) in [6.07, 6.45) is 3.73. The van der Waals surface area contributed by atoms with Crippen LogP contribution in [0.4, 0.5) is 0 Å². The zero-order valence-electron chi connectivity index (χ0n) is 16.0. The molecule has 1 aromatic heterocycles. The molecule has 0 aliphatic heterocycles. The summed E-state index contributed by atoms with van der Waals surface area (Å²) >= 11 is 0. The SMILES string of the molecule is COc1ccccc1OCC(C)NCc1cnc(-c2cccc(C)c2)nc1. The van der Waals surface area contributed by atoms with E-state index in [4.69, 9.17) is 9.47 Å². The molecule has 5 heteroatoms. The lowest BCUT2D eigenvalue weighted by molar-refractivity contribution is 0.259. The number of para-hydroxylation sites is 2. The van der Waals surface area contributed by atoms with Crippen molar-refractivity contribution in [2.45, 2.75) is 26.4 Å². The molecule has 5 nitrogen and oxygen atoms in total. The van der Waals surface area contributed by atoms with Gasteiger partial charge in [0.1, 0.15) is 6.61 Å². The summed E-state index contributed by atoms with van der Waals surface area (Å²) in [7, 11) is 1.64. The first-order valence-corrected chi connectivity index (χ1v) is 9.03. The minimum atomic E-state index is 0.173. The molecule has 1 heterocycles. The molecule has 0 bridgehead atoms. The van der Waals surface area contributed by atoms with Gasteiger partial charge in [0.25, 0.3) is 0 Å². The first-order valence-electron chi connectivity index (χ1n) is 9.03. The second kappa shape index (κ2) is 9.14. The van der Waals surface area contributed by atoms with E-state index < -0.39 is 0 Å². The van der Waals surface area contributed by atoms with E-state index in [9.17, 15) is 0 Å². The Kier molecular flexibility index (Phi) is 6.39. The molecular weight excluding hydrogens is 338 g/mol. The number of hydrogen-bond donors (Lipinski definition) is 1. The van der Waals surface area contributed by atoms with Crippen LogP contribution < -0.4 is 14.8 Å². The quantitative estimate of drug-likeness (QED) is 0.655. The fraction of sp³-hybridized carbons (Fsp3) is 0.273. The lowest BCUT2D eigenvalue weighted by atomic mass is 10.1. The van der Waals surface area contributed by atoms with Crippen molar-refractivity contribution in [3.63, 3.8) is 0 Å². The van der Waals surface area contributed by atoms with Gasteiger partial charge in [0.15, 0.2) is 17.3 Å². The van der Waals surface area contributed by atoms with Crippen LogP contribution in [0.3, 0.4) is 0 Å². The molecule has 0 aliphatic carbocycles. The van der Waals surface area contributed by atoms with Crippen molar-refractivity contribution in [1.29, 1.82) is 0 Å². The Morgan fingerprint density at radius 1 is 1.00 bits per heavy atom. The molecular formula is C22H25N3O2. The molecule has 27 heavy (non-hydrogen) atoms. The summed E-state index contributed by atoms with van der Waals surface area (Å²) in [6.45, 7) is 5.38. The fourth-order valence-corrected chi connectivity index (χ4v) is 2.68. The summed E-state index contributed by atoms with van der Waals surface area (Å²) in [5, 5.41) is 3.43. The van der Waals surface area contributed by atoms with Crippen LogP contribution in [0.2, 0.25) is 0 Å². The minimum Gasteiger partial charge on any atom is -0.493 e. The minimum absolute atomic E-state index is 0.173. The maximum atomic E-state index is 5.85. The third kappa shape index (κ3) is 5.28. The van der Waals surface area contributed by atoms with Crippen molar-refractivity contribution in [3.05, 3.63) is 72.1 Å². The lowest BCUT2D eigenvalue weighted by Gasteiger charge is -2.16. The van der Waals surface area contributed by atoms with E-state index in [1.807, 2.05) is 48.8 Å². The summed E-state index contributed by atoms with van der Waals surface area (Å²) < 4.78 is 11.1. The summed E-state index contributed by atoms with van der Waals surface area (Å²) in [6, 6.07) is 16.0. The molecule has 0 saturated heterocycles. The van der Waals surface area contributed by atoms with E-state index in [0.29, 0.717) is 13.2 Å². The Labute approximate surface area is 160 Å². The monoisotopic (exact) mass is 363 g/mol. The molecule has 0 fully saturated rings. The van der Waals surface area contributed by atoms with E-state index in [1.165, 1.54) is 5.56 Å². The van der Waals surface area contributed by atoms with Crippen LogP contribution in [0.1, 0.15) is 18.1 Å². The molecule has 0 spiro atoms. The number of ether oxygens (including phenoxy) is 2. The van der Waals surface area contributed by atoms with E-state index >= 15 is 0 Å². The number of benzene rings is 2. The molecule has 0 aliphatic rings. The highest BCUT2D eigenvalue weighted by Crippen LogP contribution is 2.25. The van der Waals surface area contributed by atoms with Gasteiger partial charge in [0.05, 0.1) is 7.11 Å². The average Bonchev–Trinajstić information content (AvgIpc) is 2.71. The van der Waals surface area contributed by atoms with Crippen molar-refractivity contribution in [3.8, 4) is 22.9 Å². The molecule has 2 aromatic carbocycles. The number of rotatable bonds is 8. The molecule has 3 aromatic rings. The van der Waals surface area contributed by atoms with E-state index in [-0.39, 0.29) is 6.04 Å². The predicted octanol–water partition coefficient (Wildman–Crippen LogP) is 4.02. The third-order valence-corrected chi connectivity index (χ3v) is 4.19. The molecule has 0 saturated carbocycles. The van der Waals surface area contributed by atoms with Crippen molar-refractivity contribution < 1.29 is 9.47 Å². The van der Waals surface area contributed by atoms with Crippen LogP contribution >= 0.6 is 0 Å². The standard InChI is InChI=1S/C22H25N3O2/c1-16-7-6-8-19(11-16)22-24-13-18(14-25-22)12-23-17(2)15-27-21-10-5-4-9-20(21)26-3/h4-11,13-14,17,23H,12,15H2,1-3H3. The first kappa shape index (κ1) is 18.9. The van der Waals surface area contributed by atoms with Gasteiger partial charge in [-0.15, -0.1) is 0 Å². The van der Waals surface area contributed by atoms with Crippen molar-refractivity contribution in [2.24, 2.45) is 0 Å². The number of methoxy groups -OCH3 is 1. The van der Waals surface area contributed by atoms with Gasteiger partial charge in [-0.25, -0.2) is 9.97 Å². The number of nitrogens with one attached hydrogen (secondary N) is 1. The van der Waals surface area contributed by atoms with Gasteiger partial charge >= 0.3 is 0 Å². The second-order valence-corrected chi connectivity index (χ2v) is 6.53. The highest BCUT2D eigenvalue weighted by Gasteiger charge is 2.07. The Hall–Kier alpha value is -2.92. The number of hydrogen-bond acceptors (Lipinski definition) is 5. The average molecular weight is 363 g/mol. The van der Waals surface area contributed by atoms with Crippen molar-refractivity contribution >= 4 is 0 Å². The van der Waals surface area contributed by atoms with Gasteiger partial charge in [-0.05, 0) is 32.0 Å². The Bertz CT molecular complexity index is 865.